The zero-order chi connectivity index (χ0) is 12.7. The Morgan fingerprint density at radius 2 is 2.35 bits per heavy atom. The Morgan fingerprint density at radius 1 is 1.59 bits per heavy atom. The fourth-order valence-corrected chi connectivity index (χ4v) is 1.12. The molecule has 0 unspecified atom stereocenters. The van der Waals surface area contributed by atoms with Crippen LogP contribution in [0.1, 0.15) is 12.6 Å². The van der Waals surface area contributed by atoms with Crippen molar-refractivity contribution in [2.75, 3.05) is 13.7 Å². The van der Waals surface area contributed by atoms with Gasteiger partial charge in [0.15, 0.2) is 5.96 Å². The first-order chi connectivity index (χ1) is 8.11. The third-order valence-corrected chi connectivity index (χ3v) is 1.97. The number of guanidine groups is 1. The molecule has 0 bridgehead atoms. The molecule has 1 rings (SSSR count). The van der Waals surface area contributed by atoms with E-state index in [1.807, 2.05) is 19.1 Å². The maximum absolute atomic E-state index is 5.68. The first-order valence-electron chi connectivity index (χ1n) is 5.30. The van der Waals surface area contributed by atoms with Crippen LogP contribution in [0.4, 0.5) is 0 Å². The summed E-state index contributed by atoms with van der Waals surface area (Å²) in [5, 5.41) is 2.95. The van der Waals surface area contributed by atoms with Gasteiger partial charge in [-0.1, -0.05) is 18.2 Å². The summed E-state index contributed by atoms with van der Waals surface area (Å²) in [4.78, 5) is 8.39. The van der Waals surface area contributed by atoms with Crippen molar-refractivity contribution >= 4 is 5.96 Å². The topological polar surface area (TPSA) is 72.5 Å². The second kappa shape index (κ2) is 6.52. The number of hydrogen-bond donors (Lipinski definition) is 2. The fourth-order valence-electron chi connectivity index (χ4n) is 1.12. The van der Waals surface area contributed by atoms with Gasteiger partial charge in [0.05, 0.1) is 19.3 Å². The summed E-state index contributed by atoms with van der Waals surface area (Å²) in [7, 11) is 1.58. The van der Waals surface area contributed by atoms with E-state index in [-0.39, 0.29) is 0 Å². The third kappa shape index (κ3) is 5.01. The molecule has 0 radical (unpaired) electrons. The smallest absolute Gasteiger partial charge is 0.213 e. The Bertz CT molecular complexity index is 415. The first kappa shape index (κ1) is 13.0. The van der Waals surface area contributed by atoms with Crippen LogP contribution in [0.25, 0.3) is 0 Å². The van der Waals surface area contributed by atoms with Crippen LogP contribution in [-0.2, 0) is 6.54 Å². The van der Waals surface area contributed by atoms with Gasteiger partial charge in [-0.3, -0.25) is 0 Å². The summed E-state index contributed by atoms with van der Waals surface area (Å²) in [6, 6.07) is 5.53. The largest absolute Gasteiger partial charge is 0.481 e. The van der Waals surface area contributed by atoms with Crippen molar-refractivity contribution in [2.45, 2.75) is 13.5 Å². The lowest BCUT2D eigenvalue weighted by atomic mass is 10.3. The normalized spacial score (nSPS) is 11.1. The molecule has 5 nitrogen and oxygen atoms in total. The SMILES string of the molecule is C=C(C)CNC(N)=NCc1cccc(OC)n1. The van der Waals surface area contributed by atoms with Crippen molar-refractivity contribution in [3.05, 3.63) is 36.0 Å². The maximum atomic E-state index is 5.68. The Kier molecular flexibility index (Phi) is 5.00. The molecule has 0 saturated carbocycles. The molecule has 0 aliphatic rings. The molecule has 0 amide bonds. The van der Waals surface area contributed by atoms with Gasteiger partial charge in [-0.25, -0.2) is 9.98 Å². The number of aliphatic imine (C=N–C) groups is 1. The lowest BCUT2D eigenvalue weighted by Crippen LogP contribution is -2.32. The third-order valence-electron chi connectivity index (χ3n) is 1.97. The number of rotatable bonds is 5. The Balaban J connectivity index is 2.53. The van der Waals surface area contributed by atoms with Gasteiger partial charge in [-0.15, -0.1) is 0 Å². The number of nitrogens with one attached hydrogen (secondary N) is 1. The van der Waals surface area contributed by atoms with E-state index in [1.54, 1.807) is 13.2 Å². The van der Waals surface area contributed by atoms with Crippen molar-refractivity contribution < 1.29 is 4.74 Å². The van der Waals surface area contributed by atoms with Crippen molar-refractivity contribution in [1.29, 1.82) is 0 Å². The summed E-state index contributed by atoms with van der Waals surface area (Å²) in [6.07, 6.45) is 0. The van der Waals surface area contributed by atoms with E-state index in [0.29, 0.717) is 24.9 Å². The number of nitrogens with zero attached hydrogens (tertiary/aromatic N) is 2. The van der Waals surface area contributed by atoms with Crippen LogP contribution < -0.4 is 15.8 Å². The fraction of sp³-hybridized carbons (Fsp3) is 0.333. The monoisotopic (exact) mass is 234 g/mol. The van der Waals surface area contributed by atoms with Gasteiger partial charge >= 0.3 is 0 Å². The van der Waals surface area contributed by atoms with Crippen LogP contribution >= 0.6 is 0 Å². The molecule has 92 valence electrons. The molecule has 1 aromatic heterocycles. The summed E-state index contributed by atoms with van der Waals surface area (Å²) < 4.78 is 5.02. The molecule has 0 atom stereocenters. The zero-order valence-corrected chi connectivity index (χ0v) is 10.2. The van der Waals surface area contributed by atoms with E-state index >= 15 is 0 Å². The lowest BCUT2D eigenvalue weighted by molar-refractivity contribution is 0.396. The predicted molar refractivity (Wildman–Crippen MR) is 68.9 cm³/mol. The summed E-state index contributed by atoms with van der Waals surface area (Å²) in [5.41, 5.74) is 7.49. The molecule has 17 heavy (non-hydrogen) atoms. The molecule has 0 aliphatic heterocycles. The molecule has 0 spiro atoms. The average Bonchev–Trinajstić information content (AvgIpc) is 2.34. The van der Waals surface area contributed by atoms with Crippen molar-refractivity contribution in [3.8, 4) is 5.88 Å². The van der Waals surface area contributed by atoms with Crippen LogP contribution in [0.5, 0.6) is 5.88 Å². The zero-order valence-electron chi connectivity index (χ0n) is 10.2. The molecule has 0 fully saturated rings. The van der Waals surface area contributed by atoms with Crippen LogP contribution in [0, 0.1) is 0 Å². The standard InChI is InChI=1S/C12H18N4O/c1-9(2)7-14-12(13)15-8-10-5-4-6-11(16-10)17-3/h4-6H,1,7-8H2,2-3H3,(H3,13,14,15). The highest BCUT2D eigenvalue weighted by molar-refractivity contribution is 5.77. The van der Waals surface area contributed by atoms with Gasteiger partial charge in [-0.05, 0) is 13.0 Å². The van der Waals surface area contributed by atoms with Crippen LogP contribution in [-0.4, -0.2) is 24.6 Å². The van der Waals surface area contributed by atoms with E-state index in [1.165, 1.54) is 0 Å². The molecule has 1 heterocycles. The highest BCUT2D eigenvalue weighted by Crippen LogP contribution is 2.07. The minimum atomic E-state index is 0.387. The van der Waals surface area contributed by atoms with E-state index < -0.39 is 0 Å². The van der Waals surface area contributed by atoms with Gasteiger partial charge < -0.3 is 15.8 Å². The van der Waals surface area contributed by atoms with Gasteiger partial charge in [0.25, 0.3) is 0 Å². The molecule has 3 N–H and O–H groups in total. The Morgan fingerprint density at radius 3 is 3.00 bits per heavy atom. The number of aromatic nitrogens is 1. The second-order valence-electron chi connectivity index (χ2n) is 3.68. The highest BCUT2D eigenvalue weighted by Gasteiger charge is 1.97. The summed E-state index contributed by atoms with van der Waals surface area (Å²) in [5.74, 6) is 0.962. The van der Waals surface area contributed by atoms with E-state index in [2.05, 4.69) is 21.9 Å². The Labute approximate surface area is 101 Å². The number of ether oxygens (including phenoxy) is 1. The number of hydrogen-bond acceptors (Lipinski definition) is 3. The van der Waals surface area contributed by atoms with Crippen LogP contribution in [0.3, 0.4) is 0 Å². The van der Waals surface area contributed by atoms with Crippen LogP contribution in [0.2, 0.25) is 0 Å². The van der Waals surface area contributed by atoms with Crippen LogP contribution in [0.15, 0.2) is 35.3 Å². The maximum Gasteiger partial charge on any atom is 0.213 e. The van der Waals surface area contributed by atoms with Gasteiger partial charge in [0.2, 0.25) is 5.88 Å². The summed E-state index contributed by atoms with van der Waals surface area (Å²) >= 11 is 0. The molecule has 0 aromatic carbocycles. The number of methoxy groups -OCH3 is 1. The highest BCUT2D eigenvalue weighted by atomic mass is 16.5. The van der Waals surface area contributed by atoms with Crippen molar-refractivity contribution in [2.24, 2.45) is 10.7 Å². The van der Waals surface area contributed by atoms with Gasteiger partial charge in [0.1, 0.15) is 0 Å². The van der Waals surface area contributed by atoms with Gasteiger partial charge in [-0.2, -0.15) is 0 Å². The molecular formula is C12H18N4O. The molecule has 0 aliphatic carbocycles. The molecule has 0 saturated heterocycles. The van der Waals surface area contributed by atoms with E-state index in [4.69, 9.17) is 10.5 Å². The molecule has 5 heteroatoms. The van der Waals surface area contributed by atoms with Crippen molar-refractivity contribution in [1.82, 2.24) is 10.3 Å². The molecular weight excluding hydrogens is 216 g/mol. The number of pyridine rings is 1. The van der Waals surface area contributed by atoms with E-state index in [0.717, 1.165) is 11.3 Å². The van der Waals surface area contributed by atoms with E-state index in [9.17, 15) is 0 Å². The molecule has 1 aromatic rings. The minimum Gasteiger partial charge on any atom is -0.481 e. The summed E-state index contributed by atoms with van der Waals surface area (Å²) in [6.45, 7) is 6.74. The second-order valence-corrected chi connectivity index (χ2v) is 3.68. The minimum absolute atomic E-state index is 0.387. The van der Waals surface area contributed by atoms with Gasteiger partial charge in [0, 0.05) is 12.6 Å². The number of nitrogens with two attached hydrogens (primary N) is 1. The lowest BCUT2D eigenvalue weighted by Gasteiger charge is -2.05. The first-order valence-corrected chi connectivity index (χ1v) is 5.30. The Hall–Kier alpha value is -2.04. The quantitative estimate of drug-likeness (QED) is 0.454. The average molecular weight is 234 g/mol. The van der Waals surface area contributed by atoms with Crippen molar-refractivity contribution in [3.63, 3.8) is 0 Å². The predicted octanol–water partition coefficient (Wildman–Crippen LogP) is 1.07.